The summed E-state index contributed by atoms with van der Waals surface area (Å²) in [6, 6.07) is 11.8. The van der Waals surface area contributed by atoms with E-state index in [0.29, 0.717) is 17.5 Å². The van der Waals surface area contributed by atoms with Crippen LogP contribution in [0.1, 0.15) is 23.9 Å². The summed E-state index contributed by atoms with van der Waals surface area (Å²) in [7, 11) is 0. The van der Waals surface area contributed by atoms with Gasteiger partial charge in [0.1, 0.15) is 11.6 Å². The molecule has 2 aromatic carbocycles. The molecule has 0 saturated carbocycles. The van der Waals surface area contributed by atoms with Crippen LogP contribution in [0.2, 0.25) is 0 Å². The molecule has 0 saturated heterocycles. The van der Waals surface area contributed by atoms with Gasteiger partial charge in [-0.3, -0.25) is 9.59 Å². The molecule has 1 aromatic heterocycles. The van der Waals surface area contributed by atoms with Gasteiger partial charge in [-0.05, 0) is 44.0 Å². The number of halogens is 1. The van der Waals surface area contributed by atoms with Crippen molar-refractivity contribution in [2.75, 3.05) is 16.4 Å². The number of aromatic nitrogens is 3. The molecule has 2 amide bonds. The molecule has 0 unspecified atom stereocenters. The van der Waals surface area contributed by atoms with E-state index < -0.39 is 11.7 Å². The fourth-order valence-corrected chi connectivity index (χ4v) is 3.91. The molecule has 0 aliphatic carbocycles. The minimum Gasteiger partial charge on any atom is -0.325 e. The Bertz CT molecular complexity index is 1080. The second kappa shape index (κ2) is 10.2. The number of carbonyl (C=O) groups is 2. The first-order valence-electron chi connectivity index (χ1n) is 9.84. The molecule has 0 bridgehead atoms. The van der Waals surface area contributed by atoms with Gasteiger partial charge in [-0.2, -0.15) is 0 Å². The topological polar surface area (TPSA) is 88.9 Å². The molecule has 9 heteroatoms. The van der Waals surface area contributed by atoms with E-state index in [1.54, 1.807) is 16.7 Å². The summed E-state index contributed by atoms with van der Waals surface area (Å²) in [5.74, 6) is -0.427. The number of para-hydroxylation sites is 2. The molecule has 0 atom stereocenters. The molecule has 0 radical (unpaired) electrons. The standard InChI is InChI=1S/C22H24FN5O2S/c1-4-28-18(12-19(29)24-17-11-6-5-10-16(17)23)26-27-22(28)31-13-20(30)25-21-14(2)8-7-9-15(21)3/h5-11H,4,12-13H2,1-3H3,(H,24,29)(H,25,30). The fourth-order valence-electron chi connectivity index (χ4n) is 3.09. The van der Waals surface area contributed by atoms with Crippen molar-refractivity contribution in [2.45, 2.75) is 38.9 Å². The monoisotopic (exact) mass is 441 g/mol. The van der Waals surface area contributed by atoms with E-state index in [0.717, 1.165) is 16.8 Å². The van der Waals surface area contributed by atoms with Crippen molar-refractivity contribution in [3.63, 3.8) is 0 Å². The number of hydrogen-bond acceptors (Lipinski definition) is 5. The molecule has 0 fully saturated rings. The predicted molar refractivity (Wildman–Crippen MR) is 120 cm³/mol. The molecule has 0 aliphatic rings. The molecule has 2 N–H and O–H groups in total. The number of thioether (sulfide) groups is 1. The normalized spacial score (nSPS) is 10.7. The SMILES string of the molecule is CCn1c(CC(=O)Nc2ccccc2F)nnc1SCC(=O)Nc1c(C)cccc1C. The van der Waals surface area contributed by atoms with Crippen molar-refractivity contribution in [3.05, 3.63) is 65.2 Å². The summed E-state index contributed by atoms with van der Waals surface area (Å²) >= 11 is 1.25. The van der Waals surface area contributed by atoms with Crippen LogP contribution in [-0.2, 0) is 22.6 Å². The lowest BCUT2D eigenvalue weighted by molar-refractivity contribution is -0.116. The average Bonchev–Trinajstić information content (AvgIpc) is 3.12. The van der Waals surface area contributed by atoms with Crippen molar-refractivity contribution in [1.29, 1.82) is 0 Å². The molecular weight excluding hydrogens is 417 g/mol. The molecule has 3 rings (SSSR count). The maximum atomic E-state index is 13.7. The van der Waals surface area contributed by atoms with Gasteiger partial charge in [-0.25, -0.2) is 4.39 Å². The molecule has 0 spiro atoms. The molecule has 7 nitrogen and oxygen atoms in total. The van der Waals surface area contributed by atoms with Crippen LogP contribution >= 0.6 is 11.8 Å². The number of rotatable bonds is 8. The van der Waals surface area contributed by atoms with E-state index in [1.165, 1.54) is 23.9 Å². The Kier molecular flexibility index (Phi) is 7.41. The molecule has 1 heterocycles. The fraction of sp³-hybridized carbons (Fsp3) is 0.273. The third kappa shape index (κ3) is 5.69. The minimum absolute atomic E-state index is 0.0513. The zero-order valence-corrected chi connectivity index (χ0v) is 18.4. The van der Waals surface area contributed by atoms with Gasteiger partial charge in [0.15, 0.2) is 5.16 Å². The third-order valence-corrected chi connectivity index (χ3v) is 5.62. The maximum absolute atomic E-state index is 13.7. The van der Waals surface area contributed by atoms with Gasteiger partial charge in [-0.15, -0.1) is 10.2 Å². The number of anilines is 2. The largest absolute Gasteiger partial charge is 0.325 e. The summed E-state index contributed by atoms with van der Waals surface area (Å²) < 4.78 is 15.5. The van der Waals surface area contributed by atoms with Crippen LogP contribution in [0.3, 0.4) is 0 Å². The third-order valence-electron chi connectivity index (χ3n) is 4.65. The molecular formula is C22H24FN5O2S. The van der Waals surface area contributed by atoms with Gasteiger partial charge < -0.3 is 15.2 Å². The highest BCUT2D eigenvalue weighted by Gasteiger charge is 2.17. The first kappa shape index (κ1) is 22.5. The summed E-state index contributed by atoms with van der Waals surface area (Å²) in [6.45, 7) is 6.34. The van der Waals surface area contributed by atoms with Gasteiger partial charge in [-0.1, -0.05) is 42.1 Å². The second-order valence-electron chi connectivity index (χ2n) is 6.95. The number of nitrogens with zero attached hydrogens (tertiary/aromatic N) is 3. The highest BCUT2D eigenvalue weighted by molar-refractivity contribution is 7.99. The summed E-state index contributed by atoms with van der Waals surface area (Å²) in [5, 5.41) is 14.2. The number of aryl methyl sites for hydroxylation is 2. The molecule has 0 aliphatic heterocycles. The van der Waals surface area contributed by atoms with Gasteiger partial charge in [0.25, 0.3) is 0 Å². The van der Waals surface area contributed by atoms with Crippen molar-refractivity contribution >= 4 is 35.0 Å². The van der Waals surface area contributed by atoms with Gasteiger partial charge in [0, 0.05) is 12.2 Å². The van der Waals surface area contributed by atoms with Crippen LogP contribution in [0.15, 0.2) is 47.6 Å². The Hall–Kier alpha value is -3.20. The number of carbonyl (C=O) groups excluding carboxylic acids is 2. The average molecular weight is 442 g/mol. The minimum atomic E-state index is -0.501. The quantitative estimate of drug-likeness (QED) is 0.517. The smallest absolute Gasteiger partial charge is 0.234 e. The Balaban J connectivity index is 1.61. The lowest BCUT2D eigenvalue weighted by Gasteiger charge is -2.11. The van der Waals surface area contributed by atoms with Gasteiger partial charge in [0.2, 0.25) is 11.8 Å². The lowest BCUT2D eigenvalue weighted by Crippen LogP contribution is -2.18. The van der Waals surface area contributed by atoms with Crippen LogP contribution in [0.5, 0.6) is 0 Å². The zero-order valence-electron chi connectivity index (χ0n) is 17.6. The Morgan fingerprint density at radius 2 is 1.71 bits per heavy atom. The number of amides is 2. The number of benzene rings is 2. The Labute approximate surface area is 184 Å². The molecule has 3 aromatic rings. The predicted octanol–water partition coefficient (Wildman–Crippen LogP) is 3.97. The second-order valence-corrected chi connectivity index (χ2v) is 7.89. The van der Waals surface area contributed by atoms with E-state index in [4.69, 9.17) is 0 Å². The van der Waals surface area contributed by atoms with Gasteiger partial charge in [0.05, 0.1) is 17.9 Å². The zero-order chi connectivity index (χ0) is 22.4. The first-order chi connectivity index (χ1) is 14.9. The van der Waals surface area contributed by atoms with Crippen LogP contribution in [0.4, 0.5) is 15.8 Å². The van der Waals surface area contributed by atoms with Crippen molar-refractivity contribution in [1.82, 2.24) is 14.8 Å². The van der Waals surface area contributed by atoms with E-state index in [1.807, 2.05) is 39.0 Å². The highest BCUT2D eigenvalue weighted by atomic mass is 32.2. The lowest BCUT2D eigenvalue weighted by atomic mass is 10.1. The van der Waals surface area contributed by atoms with Crippen molar-refractivity contribution < 1.29 is 14.0 Å². The van der Waals surface area contributed by atoms with E-state index in [2.05, 4.69) is 20.8 Å². The van der Waals surface area contributed by atoms with E-state index >= 15 is 0 Å². The van der Waals surface area contributed by atoms with Crippen LogP contribution < -0.4 is 10.6 Å². The van der Waals surface area contributed by atoms with Crippen molar-refractivity contribution in [2.24, 2.45) is 0 Å². The number of nitrogens with one attached hydrogen (secondary N) is 2. The van der Waals surface area contributed by atoms with Gasteiger partial charge >= 0.3 is 0 Å². The van der Waals surface area contributed by atoms with Crippen LogP contribution in [-0.4, -0.2) is 32.3 Å². The Morgan fingerprint density at radius 3 is 2.39 bits per heavy atom. The summed E-state index contributed by atoms with van der Waals surface area (Å²) in [5.41, 5.74) is 2.93. The van der Waals surface area contributed by atoms with Crippen LogP contribution in [0.25, 0.3) is 0 Å². The van der Waals surface area contributed by atoms with Crippen molar-refractivity contribution in [3.8, 4) is 0 Å². The van der Waals surface area contributed by atoms with E-state index in [-0.39, 0.29) is 23.8 Å². The Morgan fingerprint density at radius 1 is 1.00 bits per heavy atom. The highest BCUT2D eigenvalue weighted by Crippen LogP contribution is 2.22. The first-order valence-corrected chi connectivity index (χ1v) is 10.8. The molecule has 162 valence electrons. The van der Waals surface area contributed by atoms with Crippen LogP contribution in [0, 0.1) is 19.7 Å². The number of hydrogen-bond donors (Lipinski definition) is 2. The molecule has 31 heavy (non-hydrogen) atoms. The maximum Gasteiger partial charge on any atom is 0.234 e. The van der Waals surface area contributed by atoms with E-state index in [9.17, 15) is 14.0 Å². The summed E-state index contributed by atoms with van der Waals surface area (Å²) in [6.07, 6.45) is -0.0513. The summed E-state index contributed by atoms with van der Waals surface area (Å²) in [4.78, 5) is 24.7.